The van der Waals surface area contributed by atoms with Gasteiger partial charge in [-0.1, -0.05) is 13.8 Å². The van der Waals surface area contributed by atoms with Crippen molar-refractivity contribution in [1.29, 1.82) is 0 Å². The second kappa shape index (κ2) is 4.90. The van der Waals surface area contributed by atoms with Gasteiger partial charge in [0.1, 0.15) is 0 Å². The average molecular weight is 236 g/mol. The van der Waals surface area contributed by atoms with Gasteiger partial charge in [-0.3, -0.25) is 9.89 Å². The lowest BCUT2D eigenvalue weighted by Gasteiger charge is -2.06. The lowest BCUT2D eigenvalue weighted by Crippen LogP contribution is -2.03. The van der Waals surface area contributed by atoms with Gasteiger partial charge < -0.3 is 5.11 Å². The van der Waals surface area contributed by atoms with E-state index in [4.69, 9.17) is 5.11 Å². The van der Waals surface area contributed by atoms with Crippen LogP contribution >= 0.6 is 0 Å². The van der Waals surface area contributed by atoms with Crippen molar-refractivity contribution in [3.8, 4) is 0 Å². The van der Waals surface area contributed by atoms with Crippen LogP contribution in [-0.4, -0.2) is 21.3 Å². The van der Waals surface area contributed by atoms with E-state index in [0.717, 1.165) is 17.8 Å². The van der Waals surface area contributed by atoms with Crippen LogP contribution in [0.15, 0.2) is 0 Å². The molecule has 1 aromatic heterocycles. The molecule has 4 nitrogen and oxygen atoms in total. The Bertz CT molecular complexity index is 406. The van der Waals surface area contributed by atoms with Crippen molar-refractivity contribution >= 4 is 5.97 Å². The molecule has 2 N–H and O–H groups in total. The molecule has 1 heterocycles. The van der Waals surface area contributed by atoms with Crippen LogP contribution in [0.2, 0.25) is 0 Å². The third-order valence-corrected chi connectivity index (χ3v) is 3.15. The van der Waals surface area contributed by atoms with E-state index in [9.17, 15) is 4.79 Å². The van der Waals surface area contributed by atoms with Crippen LogP contribution in [-0.2, 0) is 17.6 Å². The fourth-order valence-electron chi connectivity index (χ4n) is 2.20. The monoisotopic (exact) mass is 236 g/mol. The number of rotatable bonds is 6. The summed E-state index contributed by atoms with van der Waals surface area (Å²) >= 11 is 0. The largest absolute Gasteiger partial charge is 0.481 e. The fourth-order valence-corrected chi connectivity index (χ4v) is 2.20. The van der Waals surface area contributed by atoms with Crippen LogP contribution in [0.1, 0.15) is 56.0 Å². The first kappa shape index (κ1) is 12.1. The summed E-state index contributed by atoms with van der Waals surface area (Å²) in [5.74, 6) is 0.408. The molecule has 2 rings (SSSR count). The molecule has 0 spiro atoms. The number of carbonyl (C=O) groups is 1. The SMILES string of the molecule is CC(C)Cc1[nH]nc(C2CC2)c1CCC(=O)O. The Morgan fingerprint density at radius 2 is 2.24 bits per heavy atom. The maximum atomic E-state index is 10.7. The minimum atomic E-state index is -0.733. The van der Waals surface area contributed by atoms with Crippen LogP contribution < -0.4 is 0 Å². The zero-order valence-electron chi connectivity index (χ0n) is 10.5. The van der Waals surface area contributed by atoms with Crippen LogP contribution in [0.25, 0.3) is 0 Å². The summed E-state index contributed by atoms with van der Waals surface area (Å²) in [6.07, 6.45) is 4.16. The standard InChI is InChI=1S/C13H20N2O2/c1-8(2)7-11-10(5-6-12(16)17)13(15-14-11)9-3-4-9/h8-9H,3-7H2,1-2H3,(H,14,15)(H,16,17). The molecule has 17 heavy (non-hydrogen) atoms. The minimum absolute atomic E-state index is 0.199. The number of carboxylic acid groups (broad SMARTS) is 1. The predicted octanol–water partition coefficient (Wildman–Crippen LogP) is 2.50. The molecule has 0 saturated heterocycles. The minimum Gasteiger partial charge on any atom is -0.481 e. The van der Waals surface area contributed by atoms with Crippen LogP contribution in [0.3, 0.4) is 0 Å². The predicted molar refractivity (Wildman–Crippen MR) is 65.1 cm³/mol. The van der Waals surface area contributed by atoms with Crippen molar-refractivity contribution in [3.63, 3.8) is 0 Å². The number of nitrogens with one attached hydrogen (secondary N) is 1. The lowest BCUT2D eigenvalue weighted by atomic mass is 9.99. The fraction of sp³-hybridized carbons (Fsp3) is 0.692. The van der Waals surface area contributed by atoms with Gasteiger partial charge in [-0.15, -0.1) is 0 Å². The van der Waals surface area contributed by atoms with E-state index in [1.165, 1.54) is 18.4 Å². The number of nitrogens with zero attached hydrogens (tertiary/aromatic N) is 1. The summed E-state index contributed by atoms with van der Waals surface area (Å²) in [6.45, 7) is 4.33. The summed E-state index contributed by atoms with van der Waals surface area (Å²) in [5.41, 5.74) is 3.44. The number of hydrogen-bond acceptors (Lipinski definition) is 2. The van der Waals surface area contributed by atoms with Gasteiger partial charge in [0, 0.05) is 18.0 Å². The average Bonchev–Trinajstić information content (AvgIpc) is 2.99. The summed E-state index contributed by atoms with van der Waals surface area (Å²) < 4.78 is 0. The Morgan fingerprint density at radius 1 is 1.53 bits per heavy atom. The van der Waals surface area contributed by atoms with Gasteiger partial charge in [0.25, 0.3) is 0 Å². The first-order valence-corrected chi connectivity index (χ1v) is 6.35. The summed E-state index contributed by atoms with van der Waals surface area (Å²) in [7, 11) is 0. The van der Waals surface area contributed by atoms with E-state index in [1.807, 2.05) is 0 Å². The maximum absolute atomic E-state index is 10.7. The van der Waals surface area contributed by atoms with Crippen molar-refractivity contribution in [2.45, 2.75) is 51.9 Å². The van der Waals surface area contributed by atoms with E-state index in [1.54, 1.807) is 0 Å². The number of aromatic nitrogens is 2. The molecule has 0 aromatic carbocycles. The van der Waals surface area contributed by atoms with Gasteiger partial charge in [0.2, 0.25) is 0 Å². The maximum Gasteiger partial charge on any atom is 0.303 e. The smallest absolute Gasteiger partial charge is 0.303 e. The van der Waals surface area contributed by atoms with E-state index >= 15 is 0 Å². The molecule has 0 atom stereocenters. The van der Waals surface area contributed by atoms with Crippen LogP contribution in [0, 0.1) is 5.92 Å². The Kier molecular flexibility index (Phi) is 3.50. The summed E-state index contributed by atoms with van der Waals surface area (Å²) in [6, 6.07) is 0. The molecule has 1 aromatic rings. The normalized spacial score (nSPS) is 15.5. The third-order valence-electron chi connectivity index (χ3n) is 3.15. The van der Waals surface area contributed by atoms with Gasteiger partial charge in [-0.2, -0.15) is 5.10 Å². The van der Waals surface area contributed by atoms with Gasteiger partial charge >= 0.3 is 5.97 Å². The second-order valence-electron chi connectivity index (χ2n) is 5.33. The molecular weight excluding hydrogens is 216 g/mol. The molecule has 0 radical (unpaired) electrons. The quantitative estimate of drug-likeness (QED) is 0.797. The first-order chi connectivity index (χ1) is 8.08. The van der Waals surface area contributed by atoms with E-state index in [2.05, 4.69) is 24.0 Å². The molecule has 1 aliphatic carbocycles. The van der Waals surface area contributed by atoms with Crippen molar-refractivity contribution in [2.24, 2.45) is 5.92 Å². The molecule has 0 amide bonds. The van der Waals surface area contributed by atoms with Gasteiger partial charge in [-0.05, 0) is 37.2 Å². The number of hydrogen-bond donors (Lipinski definition) is 2. The van der Waals surface area contributed by atoms with Crippen molar-refractivity contribution in [3.05, 3.63) is 17.0 Å². The number of aromatic amines is 1. The molecule has 1 saturated carbocycles. The molecule has 0 aliphatic heterocycles. The highest BCUT2D eigenvalue weighted by atomic mass is 16.4. The molecule has 1 fully saturated rings. The van der Waals surface area contributed by atoms with E-state index in [0.29, 0.717) is 18.3 Å². The highest BCUT2D eigenvalue weighted by Crippen LogP contribution is 2.41. The Morgan fingerprint density at radius 3 is 2.76 bits per heavy atom. The number of carboxylic acids is 1. The van der Waals surface area contributed by atoms with Gasteiger partial charge in [0.15, 0.2) is 0 Å². The lowest BCUT2D eigenvalue weighted by molar-refractivity contribution is -0.136. The van der Waals surface area contributed by atoms with Gasteiger partial charge in [0.05, 0.1) is 5.69 Å². The van der Waals surface area contributed by atoms with Gasteiger partial charge in [-0.25, -0.2) is 0 Å². The molecule has 94 valence electrons. The molecule has 0 bridgehead atoms. The van der Waals surface area contributed by atoms with Crippen molar-refractivity contribution in [1.82, 2.24) is 10.2 Å². The summed E-state index contributed by atoms with van der Waals surface area (Å²) in [5, 5.41) is 16.3. The third kappa shape index (κ3) is 3.08. The topological polar surface area (TPSA) is 66.0 Å². The Labute approximate surface area is 101 Å². The highest BCUT2D eigenvalue weighted by molar-refractivity contribution is 5.67. The summed E-state index contributed by atoms with van der Waals surface area (Å²) in [4.78, 5) is 10.7. The molecular formula is C13H20N2O2. The van der Waals surface area contributed by atoms with Crippen molar-refractivity contribution in [2.75, 3.05) is 0 Å². The Hall–Kier alpha value is -1.32. The zero-order chi connectivity index (χ0) is 12.4. The number of aliphatic carboxylic acids is 1. The molecule has 4 heteroatoms. The van der Waals surface area contributed by atoms with Crippen LogP contribution in [0.5, 0.6) is 0 Å². The van der Waals surface area contributed by atoms with E-state index in [-0.39, 0.29) is 6.42 Å². The Balaban J connectivity index is 2.16. The molecule has 0 unspecified atom stereocenters. The van der Waals surface area contributed by atoms with Crippen molar-refractivity contribution < 1.29 is 9.90 Å². The molecule has 1 aliphatic rings. The van der Waals surface area contributed by atoms with Crippen LogP contribution in [0.4, 0.5) is 0 Å². The number of H-pyrrole nitrogens is 1. The zero-order valence-corrected chi connectivity index (χ0v) is 10.5. The first-order valence-electron chi connectivity index (χ1n) is 6.35. The van der Waals surface area contributed by atoms with E-state index < -0.39 is 5.97 Å². The highest BCUT2D eigenvalue weighted by Gasteiger charge is 2.30. The second-order valence-corrected chi connectivity index (χ2v) is 5.33.